The molecule has 0 radical (unpaired) electrons. The molecular weight excluding hydrogens is 288 g/mol. The molecule has 0 aliphatic carbocycles. The third-order valence-electron chi connectivity index (χ3n) is 3.34. The second-order valence-corrected chi connectivity index (χ2v) is 4.80. The van der Waals surface area contributed by atoms with Crippen LogP contribution < -0.4 is 14.5 Å². The minimum Gasteiger partial charge on any atom is -0.497 e. The molecule has 0 aliphatic heterocycles. The van der Waals surface area contributed by atoms with Gasteiger partial charge in [0.2, 0.25) is 5.95 Å². The van der Waals surface area contributed by atoms with Crippen molar-refractivity contribution >= 4 is 35.1 Å². The SMILES string of the molecule is CCN(CC)c1nc(N(C)C)c2cc(OC)ccc2n1.Cl. The quantitative estimate of drug-likeness (QED) is 0.849. The average Bonchev–Trinajstić information content (AvgIpc) is 2.47. The molecule has 21 heavy (non-hydrogen) atoms. The molecule has 2 rings (SSSR count). The van der Waals surface area contributed by atoms with Gasteiger partial charge in [-0.1, -0.05) is 0 Å². The standard InChI is InChI=1S/C15H22N4O.ClH/c1-6-19(7-2)15-16-13-9-8-11(20-5)10-12(13)14(17-15)18(3)4;/h8-10H,6-7H2,1-5H3;1H. The number of anilines is 2. The first-order chi connectivity index (χ1) is 9.60. The minimum atomic E-state index is 0. The zero-order chi connectivity index (χ0) is 14.7. The Kier molecular flexibility index (Phi) is 6.03. The number of hydrogen-bond acceptors (Lipinski definition) is 5. The molecule has 0 fully saturated rings. The van der Waals surface area contributed by atoms with Crippen molar-refractivity contribution in [2.75, 3.05) is 44.1 Å². The highest BCUT2D eigenvalue weighted by molar-refractivity contribution is 5.91. The number of halogens is 1. The van der Waals surface area contributed by atoms with E-state index >= 15 is 0 Å². The smallest absolute Gasteiger partial charge is 0.227 e. The zero-order valence-electron chi connectivity index (χ0n) is 13.3. The molecule has 0 aliphatic rings. The highest BCUT2D eigenvalue weighted by Gasteiger charge is 2.13. The Hall–Kier alpha value is -1.75. The molecule has 1 heterocycles. The lowest BCUT2D eigenvalue weighted by atomic mass is 10.2. The van der Waals surface area contributed by atoms with Crippen molar-refractivity contribution < 1.29 is 4.74 Å². The van der Waals surface area contributed by atoms with Crippen molar-refractivity contribution in [3.63, 3.8) is 0 Å². The first kappa shape index (κ1) is 17.3. The molecule has 0 saturated heterocycles. The summed E-state index contributed by atoms with van der Waals surface area (Å²) in [5, 5.41) is 1.00. The third kappa shape index (κ3) is 3.47. The minimum absolute atomic E-state index is 0. The lowest BCUT2D eigenvalue weighted by molar-refractivity contribution is 0.415. The first-order valence-corrected chi connectivity index (χ1v) is 6.88. The molecule has 0 N–H and O–H groups in total. The van der Waals surface area contributed by atoms with E-state index in [9.17, 15) is 0 Å². The van der Waals surface area contributed by atoms with E-state index in [1.807, 2.05) is 37.2 Å². The Morgan fingerprint density at radius 2 is 1.76 bits per heavy atom. The van der Waals surface area contributed by atoms with Crippen LogP contribution in [0, 0.1) is 0 Å². The van der Waals surface area contributed by atoms with Crippen LogP contribution in [0.1, 0.15) is 13.8 Å². The van der Waals surface area contributed by atoms with E-state index in [0.717, 1.165) is 41.5 Å². The van der Waals surface area contributed by atoms with Crippen molar-refractivity contribution in [1.29, 1.82) is 0 Å². The summed E-state index contributed by atoms with van der Waals surface area (Å²) in [6.45, 7) is 6.01. The normalized spacial score (nSPS) is 10.1. The van der Waals surface area contributed by atoms with Crippen molar-refractivity contribution in [2.24, 2.45) is 0 Å². The monoisotopic (exact) mass is 310 g/mol. The van der Waals surface area contributed by atoms with Gasteiger partial charge in [0.15, 0.2) is 0 Å². The van der Waals surface area contributed by atoms with Crippen LogP contribution in [0.3, 0.4) is 0 Å². The van der Waals surface area contributed by atoms with Gasteiger partial charge in [-0.3, -0.25) is 0 Å². The molecular formula is C15H23ClN4O. The number of ether oxygens (including phenoxy) is 1. The summed E-state index contributed by atoms with van der Waals surface area (Å²) >= 11 is 0. The molecule has 0 bridgehead atoms. The van der Waals surface area contributed by atoms with E-state index in [1.165, 1.54) is 0 Å². The van der Waals surface area contributed by atoms with Crippen molar-refractivity contribution in [3.8, 4) is 5.75 Å². The highest BCUT2D eigenvalue weighted by Crippen LogP contribution is 2.28. The van der Waals surface area contributed by atoms with Crippen LogP contribution >= 0.6 is 12.4 Å². The summed E-state index contributed by atoms with van der Waals surface area (Å²) in [6, 6.07) is 5.90. The summed E-state index contributed by atoms with van der Waals surface area (Å²) in [5.41, 5.74) is 0.936. The van der Waals surface area contributed by atoms with Crippen LogP contribution in [0.2, 0.25) is 0 Å². The number of nitrogens with zero attached hydrogens (tertiary/aromatic N) is 4. The van der Waals surface area contributed by atoms with Gasteiger partial charge in [-0.25, -0.2) is 4.98 Å². The van der Waals surface area contributed by atoms with Gasteiger partial charge < -0.3 is 14.5 Å². The van der Waals surface area contributed by atoms with Crippen LogP contribution in [0.25, 0.3) is 10.9 Å². The van der Waals surface area contributed by atoms with E-state index in [0.29, 0.717) is 0 Å². The number of hydrogen-bond donors (Lipinski definition) is 0. The number of benzene rings is 1. The van der Waals surface area contributed by atoms with E-state index < -0.39 is 0 Å². The van der Waals surface area contributed by atoms with Crippen LogP contribution in [0.15, 0.2) is 18.2 Å². The van der Waals surface area contributed by atoms with Gasteiger partial charge in [0.1, 0.15) is 11.6 Å². The molecule has 0 unspecified atom stereocenters. The summed E-state index contributed by atoms with van der Waals surface area (Å²) in [5.74, 6) is 2.51. The van der Waals surface area contributed by atoms with Crippen LogP contribution in [-0.2, 0) is 0 Å². The molecule has 0 atom stereocenters. The van der Waals surface area contributed by atoms with E-state index in [4.69, 9.17) is 9.72 Å². The maximum atomic E-state index is 5.29. The maximum Gasteiger partial charge on any atom is 0.227 e. The van der Waals surface area contributed by atoms with Gasteiger partial charge in [0.05, 0.1) is 12.6 Å². The lowest BCUT2D eigenvalue weighted by Crippen LogP contribution is -2.25. The summed E-state index contributed by atoms with van der Waals surface area (Å²) < 4.78 is 5.29. The molecule has 0 spiro atoms. The van der Waals surface area contributed by atoms with Crippen molar-refractivity contribution in [1.82, 2.24) is 9.97 Å². The van der Waals surface area contributed by atoms with Gasteiger partial charge in [0, 0.05) is 32.6 Å². The van der Waals surface area contributed by atoms with Gasteiger partial charge in [-0.05, 0) is 32.0 Å². The van der Waals surface area contributed by atoms with E-state index in [2.05, 4.69) is 23.7 Å². The summed E-state index contributed by atoms with van der Waals surface area (Å²) in [7, 11) is 5.65. The number of fused-ring (bicyclic) bond motifs is 1. The zero-order valence-corrected chi connectivity index (χ0v) is 14.1. The predicted molar refractivity (Wildman–Crippen MR) is 91.2 cm³/mol. The molecule has 1 aromatic carbocycles. The Bertz CT molecular complexity index is 599. The summed E-state index contributed by atoms with van der Waals surface area (Å²) in [6.07, 6.45) is 0. The molecule has 0 saturated carbocycles. The Morgan fingerprint density at radius 1 is 1.10 bits per heavy atom. The first-order valence-electron chi connectivity index (χ1n) is 6.88. The van der Waals surface area contributed by atoms with Crippen LogP contribution in [0.5, 0.6) is 5.75 Å². The molecule has 1 aromatic heterocycles. The number of methoxy groups -OCH3 is 1. The largest absolute Gasteiger partial charge is 0.497 e. The van der Waals surface area contributed by atoms with Gasteiger partial charge in [-0.2, -0.15) is 4.98 Å². The Balaban J connectivity index is 0.00000220. The molecule has 2 aromatic rings. The fraction of sp³-hybridized carbons (Fsp3) is 0.467. The lowest BCUT2D eigenvalue weighted by Gasteiger charge is -2.22. The van der Waals surface area contributed by atoms with E-state index in [1.54, 1.807) is 7.11 Å². The molecule has 5 nitrogen and oxygen atoms in total. The van der Waals surface area contributed by atoms with Crippen LogP contribution in [-0.4, -0.2) is 44.3 Å². The highest BCUT2D eigenvalue weighted by atomic mass is 35.5. The molecule has 116 valence electrons. The van der Waals surface area contributed by atoms with Crippen LogP contribution in [0.4, 0.5) is 11.8 Å². The maximum absolute atomic E-state index is 5.29. The van der Waals surface area contributed by atoms with Crippen molar-refractivity contribution in [3.05, 3.63) is 18.2 Å². The number of rotatable bonds is 5. The van der Waals surface area contributed by atoms with E-state index in [-0.39, 0.29) is 12.4 Å². The van der Waals surface area contributed by atoms with Crippen molar-refractivity contribution in [2.45, 2.75) is 13.8 Å². The van der Waals surface area contributed by atoms with Gasteiger partial charge in [-0.15, -0.1) is 12.4 Å². The average molecular weight is 311 g/mol. The van der Waals surface area contributed by atoms with Gasteiger partial charge >= 0.3 is 0 Å². The van der Waals surface area contributed by atoms with Gasteiger partial charge in [0.25, 0.3) is 0 Å². The molecule has 0 amide bonds. The molecule has 6 heteroatoms. The summed E-state index contributed by atoms with van der Waals surface area (Å²) in [4.78, 5) is 13.5. The second-order valence-electron chi connectivity index (χ2n) is 4.80. The topological polar surface area (TPSA) is 41.5 Å². The third-order valence-corrected chi connectivity index (χ3v) is 3.34. The Morgan fingerprint density at radius 3 is 2.29 bits per heavy atom. The fourth-order valence-corrected chi connectivity index (χ4v) is 2.20. The Labute approximate surface area is 132 Å². The number of aromatic nitrogens is 2. The fourth-order valence-electron chi connectivity index (χ4n) is 2.20. The predicted octanol–water partition coefficient (Wildman–Crippen LogP) is 2.97. The second kappa shape index (κ2) is 7.31.